The first-order valence-corrected chi connectivity index (χ1v) is 28.0. The summed E-state index contributed by atoms with van der Waals surface area (Å²) in [5.41, 5.74) is 0. The molecule has 16 nitrogen and oxygen atoms in total. The van der Waals surface area contributed by atoms with Crippen LogP contribution in [0, 0.1) is 23.7 Å². The Morgan fingerprint density at radius 2 is 0.631 bits per heavy atom. The summed E-state index contributed by atoms with van der Waals surface area (Å²) in [6.07, 6.45) is 11.0. The zero-order valence-electron chi connectivity index (χ0n) is 39.7. The molecule has 0 atom stereocenters. The maximum atomic E-state index is 9.79. The lowest BCUT2D eigenvalue weighted by molar-refractivity contribution is 0.0198. The van der Waals surface area contributed by atoms with Crippen LogP contribution in [-0.2, 0) is 59.4 Å². The fraction of sp³-hybridized carbons (Fsp3) is 0.600. The van der Waals surface area contributed by atoms with Crippen LogP contribution in [0.5, 0.6) is 0 Å². The van der Waals surface area contributed by atoms with Gasteiger partial charge in [-0.1, -0.05) is 133 Å². The van der Waals surface area contributed by atoms with Crippen molar-refractivity contribution < 1.29 is 70.8 Å². The zero-order chi connectivity index (χ0) is 50.8. The molecule has 0 N–H and O–H groups in total. The van der Waals surface area contributed by atoms with Crippen molar-refractivity contribution in [2.75, 3.05) is 50.2 Å². The average molecular weight is 1000 g/mol. The highest BCUT2D eigenvalue weighted by molar-refractivity contribution is 7.86. The van der Waals surface area contributed by atoms with E-state index in [1.807, 2.05) is 77.9 Å². The molecule has 0 spiro atoms. The molecule has 0 aromatic heterocycles. The Balaban J connectivity index is -0.000000329. The van der Waals surface area contributed by atoms with Crippen molar-refractivity contribution in [2.24, 2.45) is 23.7 Å². The fourth-order valence-electron chi connectivity index (χ4n) is 6.29. The summed E-state index contributed by atoms with van der Waals surface area (Å²) < 4.78 is 134. The Kier molecular flexibility index (Phi) is 44.9. The molecule has 20 heteroatoms. The quantitative estimate of drug-likeness (QED) is 0.0880. The van der Waals surface area contributed by atoms with E-state index >= 15 is 0 Å². The zero-order valence-corrected chi connectivity index (χ0v) is 43.0. The van der Waals surface area contributed by atoms with Crippen LogP contribution in [-0.4, -0.2) is 102 Å². The van der Waals surface area contributed by atoms with Crippen LogP contribution < -0.4 is 0 Å². The molecule has 380 valence electrons. The highest BCUT2D eigenvalue weighted by atomic mass is 32.2. The van der Waals surface area contributed by atoms with E-state index in [4.69, 9.17) is 0 Å². The largest absolute Gasteiger partial charge is 0.746 e. The van der Waals surface area contributed by atoms with Crippen LogP contribution in [0.4, 0.5) is 0 Å². The molecular formula is C45H76O16S4-4. The molecule has 0 heterocycles. The Bertz CT molecular complexity index is 1740. The number of benzene rings is 3. The Labute approximate surface area is 392 Å². The molecule has 4 aliphatic rings. The molecule has 0 saturated heterocycles. The average Bonchev–Trinajstić information content (AvgIpc) is 3.27. The summed E-state index contributed by atoms with van der Waals surface area (Å²) in [4.78, 5) is 0. The van der Waals surface area contributed by atoms with E-state index in [1.165, 1.54) is 40.5 Å². The standard InChI is InChI=1S/C10H16.C10H8.C6H6.C4H8O4S.3C3H8O4S.3C2H6/c1-7-2-9-4-8(1)5-10(3-7)6-9;1-2-6-10-8-4-3-7-9(10)5-1;1-2-4-6-5-3-1;1-2-3-8-4-9(5,6)7;3*1-2-7-3-8(4,5)6;3*1-2/h7-10H,1-6H2;1-8H;1-6H;2H,1,3-4H2,(H,5,6,7);3*2-3H2,1H3,(H,4,5,6);3*1-2H3/p-4. The second kappa shape index (κ2) is 42.5. The van der Waals surface area contributed by atoms with Gasteiger partial charge < -0.3 is 37.2 Å². The van der Waals surface area contributed by atoms with Gasteiger partial charge in [-0.25, -0.2) is 33.7 Å². The minimum atomic E-state index is -4.22. The van der Waals surface area contributed by atoms with Crippen molar-refractivity contribution in [3.05, 3.63) is 97.6 Å². The lowest BCUT2D eigenvalue weighted by Gasteiger charge is -2.49. The first-order valence-electron chi connectivity index (χ1n) is 21.7. The van der Waals surface area contributed by atoms with E-state index < -0.39 is 64.2 Å². The third kappa shape index (κ3) is 48.9. The number of fused-ring (bicyclic) bond motifs is 1. The van der Waals surface area contributed by atoms with Gasteiger partial charge in [0.05, 0.1) is 6.61 Å². The Morgan fingerprint density at radius 1 is 0.431 bits per heavy atom. The van der Waals surface area contributed by atoms with E-state index in [-0.39, 0.29) is 26.4 Å². The summed E-state index contributed by atoms with van der Waals surface area (Å²) in [5.74, 6) is 1.77. The lowest BCUT2D eigenvalue weighted by atomic mass is 9.56. The monoisotopic (exact) mass is 1000 g/mol. The molecule has 0 radical (unpaired) electrons. The first kappa shape index (κ1) is 68.7. The first-order chi connectivity index (χ1) is 30.6. The molecule has 0 amide bonds. The van der Waals surface area contributed by atoms with E-state index in [9.17, 15) is 51.9 Å². The topological polar surface area (TPSA) is 266 Å². The minimum absolute atomic E-state index is 0.0848. The number of rotatable bonds is 13. The van der Waals surface area contributed by atoms with Gasteiger partial charge >= 0.3 is 0 Å². The van der Waals surface area contributed by atoms with Crippen LogP contribution in [0.3, 0.4) is 0 Å². The summed E-state index contributed by atoms with van der Waals surface area (Å²) in [6, 6.07) is 28.7. The smallest absolute Gasteiger partial charge is 0.137 e. The molecule has 4 saturated carbocycles. The van der Waals surface area contributed by atoms with Crippen molar-refractivity contribution >= 4 is 51.2 Å². The number of hydrogen-bond acceptors (Lipinski definition) is 16. The molecule has 3 aromatic carbocycles. The molecule has 7 rings (SSSR count). The predicted octanol–water partition coefficient (Wildman–Crippen LogP) is 8.71. The maximum absolute atomic E-state index is 9.79. The number of ether oxygens (including phenoxy) is 4. The van der Waals surface area contributed by atoms with Crippen molar-refractivity contribution in [1.29, 1.82) is 0 Å². The second-order valence-corrected chi connectivity index (χ2v) is 18.6. The second-order valence-electron chi connectivity index (χ2n) is 13.2. The molecule has 0 unspecified atom stereocenters. The number of hydrogen-bond donors (Lipinski definition) is 0. The lowest BCUT2D eigenvalue weighted by Crippen LogP contribution is -2.38. The normalized spacial score (nSPS) is 17.3. The molecule has 3 aromatic rings. The van der Waals surface area contributed by atoms with Gasteiger partial charge in [-0.3, -0.25) is 0 Å². The van der Waals surface area contributed by atoms with Crippen molar-refractivity contribution in [3.8, 4) is 0 Å². The Hall–Kier alpha value is -2.86. The van der Waals surface area contributed by atoms with Crippen LogP contribution in [0.1, 0.15) is 101 Å². The van der Waals surface area contributed by atoms with Crippen molar-refractivity contribution in [2.45, 2.75) is 101 Å². The molecular weight excluding hydrogens is 925 g/mol. The van der Waals surface area contributed by atoms with Crippen molar-refractivity contribution in [1.82, 2.24) is 0 Å². The van der Waals surface area contributed by atoms with Gasteiger partial charge in [-0.15, -0.1) is 6.58 Å². The summed E-state index contributed by atoms with van der Waals surface area (Å²) in [7, 11) is -16.7. The van der Waals surface area contributed by atoms with Gasteiger partial charge in [0.2, 0.25) is 0 Å². The van der Waals surface area contributed by atoms with Crippen LogP contribution >= 0.6 is 0 Å². The third-order valence-corrected chi connectivity index (χ3v) is 9.91. The highest BCUT2D eigenvalue weighted by Gasteiger charge is 2.41. The molecule has 4 aliphatic carbocycles. The Morgan fingerprint density at radius 3 is 0.785 bits per heavy atom. The van der Waals surface area contributed by atoms with E-state index in [1.54, 1.807) is 59.3 Å². The molecule has 4 fully saturated rings. The van der Waals surface area contributed by atoms with Gasteiger partial charge in [-0.05, 0) is 93.7 Å². The van der Waals surface area contributed by atoms with E-state index in [0.717, 1.165) is 0 Å². The van der Waals surface area contributed by atoms with Gasteiger partial charge in [0.25, 0.3) is 0 Å². The fourth-order valence-corrected chi connectivity index (χ4v) is 7.70. The molecule has 65 heavy (non-hydrogen) atoms. The summed E-state index contributed by atoms with van der Waals surface area (Å²) in [5, 5.41) is 2.62. The van der Waals surface area contributed by atoms with E-state index in [2.05, 4.69) is 74.1 Å². The molecule has 4 bridgehead atoms. The van der Waals surface area contributed by atoms with Crippen LogP contribution in [0.25, 0.3) is 10.8 Å². The van der Waals surface area contributed by atoms with Gasteiger partial charge in [0.15, 0.2) is 0 Å². The third-order valence-electron chi connectivity index (χ3n) is 8.08. The SMILES string of the molecule is C1C2CC3CC1CC(C2)C3.C=CCOCS(=O)(=O)[O-].CC.CC.CC.CCOCS(=O)(=O)[O-].CCOCS(=O)(=O)[O-].CCOCS(=O)(=O)[O-].c1ccc2ccccc2c1.c1ccccc1. The van der Waals surface area contributed by atoms with Gasteiger partial charge in [0.1, 0.15) is 64.2 Å². The maximum Gasteiger partial charge on any atom is 0.137 e. The predicted molar refractivity (Wildman–Crippen MR) is 255 cm³/mol. The van der Waals surface area contributed by atoms with E-state index in [0.29, 0.717) is 0 Å². The van der Waals surface area contributed by atoms with Crippen LogP contribution in [0.2, 0.25) is 0 Å². The van der Waals surface area contributed by atoms with Gasteiger partial charge in [-0.2, -0.15) is 0 Å². The van der Waals surface area contributed by atoms with Gasteiger partial charge in [0, 0.05) is 19.8 Å². The summed E-state index contributed by atoms with van der Waals surface area (Å²) >= 11 is 0. The summed E-state index contributed by atoms with van der Waals surface area (Å²) in [6.45, 7) is 20.9. The molecule has 0 aliphatic heterocycles. The minimum Gasteiger partial charge on any atom is -0.746 e. The van der Waals surface area contributed by atoms with Crippen LogP contribution in [0.15, 0.2) is 97.6 Å². The van der Waals surface area contributed by atoms with Crippen molar-refractivity contribution in [3.63, 3.8) is 0 Å². The highest BCUT2D eigenvalue weighted by Crippen LogP contribution is 2.53.